The highest BCUT2D eigenvalue weighted by atomic mass is 16.2. The van der Waals surface area contributed by atoms with Crippen LogP contribution < -0.4 is 5.32 Å². The van der Waals surface area contributed by atoms with Crippen LogP contribution in [0, 0.1) is 6.92 Å². The molecule has 156 valence electrons. The summed E-state index contributed by atoms with van der Waals surface area (Å²) >= 11 is 0. The van der Waals surface area contributed by atoms with Gasteiger partial charge in [-0.15, -0.1) is 0 Å². The lowest BCUT2D eigenvalue weighted by atomic mass is 10.1. The number of amides is 2. The van der Waals surface area contributed by atoms with Crippen LogP contribution in [-0.2, 0) is 6.54 Å². The van der Waals surface area contributed by atoms with Gasteiger partial charge in [-0.2, -0.15) is 5.10 Å². The Morgan fingerprint density at radius 1 is 1.10 bits per heavy atom. The van der Waals surface area contributed by atoms with Crippen molar-refractivity contribution in [2.45, 2.75) is 26.4 Å². The van der Waals surface area contributed by atoms with E-state index in [4.69, 9.17) is 0 Å². The van der Waals surface area contributed by atoms with Crippen molar-refractivity contribution in [2.75, 3.05) is 26.2 Å². The molecule has 2 amide bonds. The zero-order valence-electron chi connectivity index (χ0n) is 17.5. The molecule has 2 aromatic carbocycles. The van der Waals surface area contributed by atoms with E-state index in [0.717, 1.165) is 44.0 Å². The van der Waals surface area contributed by atoms with Gasteiger partial charge >= 0.3 is 6.03 Å². The molecular formula is C23H28N6O. The molecule has 1 atom stereocenters. The first-order valence-corrected chi connectivity index (χ1v) is 10.4. The van der Waals surface area contributed by atoms with Gasteiger partial charge in [0.25, 0.3) is 0 Å². The summed E-state index contributed by atoms with van der Waals surface area (Å²) in [5.41, 5.74) is 4.62. The van der Waals surface area contributed by atoms with E-state index in [2.05, 4.69) is 51.5 Å². The molecule has 1 unspecified atom stereocenters. The largest absolute Gasteiger partial charge is 0.331 e. The summed E-state index contributed by atoms with van der Waals surface area (Å²) in [7, 11) is 0. The third kappa shape index (κ3) is 4.86. The van der Waals surface area contributed by atoms with Crippen LogP contribution in [0.25, 0.3) is 5.69 Å². The number of benzene rings is 2. The van der Waals surface area contributed by atoms with Crippen LogP contribution >= 0.6 is 0 Å². The lowest BCUT2D eigenvalue weighted by molar-refractivity contribution is 0.133. The molecule has 7 nitrogen and oxygen atoms in total. The van der Waals surface area contributed by atoms with Gasteiger partial charge in [0.05, 0.1) is 11.7 Å². The number of carbonyl (C=O) groups is 1. The fourth-order valence-electron chi connectivity index (χ4n) is 3.79. The van der Waals surface area contributed by atoms with E-state index in [1.807, 2.05) is 36.1 Å². The van der Waals surface area contributed by atoms with Crippen molar-refractivity contribution in [3.05, 3.63) is 77.9 Å². The summed E-state index contributed by atoms with van der Waals surface area (Å²) in [6, 6.07) is 16.6. The molecular weight excluding hydrogens is 376 g/mol. The average Bonchev–Trinajstić information content (AvgIpc) is 3.29. The van der Waals surface area contributed by atoms with Gasteiger partial charge in [0.1, 0.15) is 12.7 Å². The number of piperazine rings is 1. The van der Waals surface area contributed by atoms with Gasteiger partial charge in [-0.25, -0.2) is 14.5 Å². The topological polar surface area (TPSA) is 66.3 Å². The molecule has 0 saturated carbocycles. The number of rotatable bonds is 5. The summed E-state index contributed by atoms with van der Waals surface area (Å²) < 4.78 is 1.71. The SMILES string of the molecule is Cc1cccc(CN2CCN(C(=O)NC(C)c3ccc(-n4cncn4)cc3)CC2)c1. The zero-order chi connectivity index (χ0) is 20.9. The minimum absolute atomic E-state index is 0.00180. The fraction of sp³-hybridized carbons (Fsp3) is 0.348. The predicted octanol–water partition coefficient (Wildman–Crippen LogP) is 3.16. The van der Waals surface area contributed by atoms with Gasteiger partial charge < -0.3 is 10.2 Å². The van der Waals surface area contributed by atoms with Crippen molar-refractivity contribution in [1.82, 2.24) is 29.9 Å². The first-order chi connectivity index (χ1) is 14.6. The van der Waals surface area contributed by atoms with E-state index in [1.165, 1.54) is 17.5 Å². The monoisotopic (exact) mass is 404 g/mol. The third-order valence-corrected chi connectivity index (χ3v) is 5.56. The van der Waals surface area contributed by atoms with E-state index < -0.39 is 0 Å². The fourth-order valence-corrected chi connectivity index (χ4v) is 3.79. The van der Waals surface area contributed by atoms with Crippen molar-refractivity contribution in [2.24, 2.45) is 0 Å². The minimum atomic E-state index is -0.0624. The Kier molecular flexibility index (Phi) is 6.09. The number of nitrogens with one attached hydrogen (secondary N) is 1. The summed E-state index contributed by atoms with van der Waals surface area (Å²) in [6.45, 7) is 8.34. The molecule has 1 aliphatic rings. The van der Waals surface area contributed by atoms with Crippen LogP contribution in [0.4, 0.5) is 4.79 Å². The van der Waals surface area contributed by atoms with Crippen LogP contribution in [0.1, 0.15) is 29.7 Å². The van der Waals surface area contributed by atoms with Crippen LogP contribution in [0.2, 0.25) is 0 Å². The molecule has 4 rings (SSSR count). The first-order valence-electron chi connectivity index (χ1n) is 10.4. The van der Waals surface area contributed by atoms with Gasteiger partial charge in [-0.05, 0) is 37.1 Å². The van der Waals surface area contributed by atoms with Crippen LogP contribution in [0.15, 0.2) is 61.2 Å². The summed E-state index contributed by atoms with van der Waals surface area (Å²) in [5, 5.41) is 7.26. The molecule has 1 aromatic heterocycles. The van der Waals surface area contributed by atoms with E-state index in [1.54, 1.807) is 11.0 Å². The van der Waals surface area contributed by atoms with E-state index in [0.29, 0.717) is 0 Å². The van der Waals surface area contributed by atoms with E-state index in [9.17, 15) is 4.79 Å². The second-order valence-electron chi connectivity index (χ2n) is 7.86. The summed E-state index contributed by atoms with van der Waals surface area (Å²) in [5.74, 6) is 0. The van der Waals surface area contributed by atoms with Crippen molar-refractivity contribution in [3.63, 3.8) is 0 Å². The number of aryl methyl sites for hydroxylation is 1. The average molecular weight is 405 g/mol. The van der Waals surface area contributed by atoms with Crippen molar-refractivity contribution >= 4 is 6.03 Å². The van der Waals surface area contributed by atoms with Gasteiger partial charge in [-0.1, -0.05) is 42.0 Å². The summed E-state index contributed by atoms with van der Waals surface area (Å²) in [6.07, 6.45) is 3.18. The van der Waals surface area contributed by atoms with Gasteiger partial charge in [0.2, 0.25) is 0 Å². The van der Waals surface area contributed by atoms with Gasteiger partial charge in [0.15, 0.2) is 0 Å². The Bertz CT molecular complexity index is 962. The Balaban J connectivity index is 1.27. The van der Waals surface area contributed by atoms with E-state index >= 15 is 0 Å². The number of carbonyl (C=O) groups excluding carboxylic acids is 1. The highest BCUT2D eigenvalue weighted by Gasteiger charge is 2.22. The Hall–Kier alpha value is -3.19. The molecule has 2 heterocycles. The number of urea groups is 1. The molecule has 1 fully saturated rings. The standard InChI is InChI=1S/C23H28N6O/c1-18-4-3-5-20(14-18)15-27-10-12-28(13-11-27)23(30)26-19(2)21-6-8-22(9-7-21)29-17-24-16-25-29/h3-9,14,16-17,19H,10-13,15H2,1-2H3,(H,26,30). The molecule has 0 aliphatic carbocycles. The number of hydrogen-bond donors (Lipinski definition) is 1. The Labute approximate surface area is 177 Å². The lowest BCUT2D eigenvalue weighted by Gasteiger charge is -2.35. The lowest BCUT2D eigenvalue weighted by Crippen LogP contribution is -2.51. The highest BCUT2D eigenvalue weighted by molar-refractivity contribution is 5.74. The first kappa shape index (κ1) is 20.1. The zero-order valence-corrected chi connectivity index (χ0v) is 17.5. The van der Waals surface area contributed by atoms with Crippen LogP contribution in [0.5, 0.6) is 0 Å². The molecule has 3 aromatic rings. The Morgan fingerprint density at radius 2 is 1.87 bits per heavy atom. The van der Waals surface area contributed by atoms with Crippen molar-refractivity contribution in [1.29, 1.82) is 0 Å². The number of hydrogen-bond acceptors (Lipinski definition) is 4. The van der Waals surface area contributed by atoms with Crippen molar-refractivity contribution < 1.29 is 4.79 Å². The minimum Gasteiger partial charge on any atom is -0.331 e. The third-order valence-electron chi connectivity index (χ3n) is 5.56. The number of nitrogens with zero attached hydrogens (tertiary/aromatic N) is 5. The van der Waals surface area contributed by atoms with Crippen LogP contribution in [-0.4, -0.2) is 56.8 Å². The smallest absolute Gasteiger partial charge is 0.317 e. The second kappa shape index (κ2) is 9.09. The van der Waals surface area contributed by atoms with Crippen molar-refractivity contribution in [3.8, 4) is 5.69 Å². The maximum Gasteiger partial charge on any atom is 0.317 e. The molecule has 0 spiro atoms. The molecule has 0 bridgehead atoms. The van der Waals surface area contributed by atoms with Gasteiger partial charge in [-0.3, -0.25) is 4.90 Å². The molecule has 30 heavy (non-hydrogen) atoms. The number of aromatic nitrogens is 3. The molecule has 7 heteroatoms. The van der Waals surface area contributed by atoms with E-state index in [-0.39, 0.29) is 12.1 Å². The van der Waals surface area contributed by atoms with Gasteiger partial charge in [0, 0.05) is 32.7 Å². The molecule has 0 radical (unpaired) electrons. The second-order valence-corrected chi connectivity index (χ2v) is 7.86. The molecule has 1 saturated heterocycles. The van der Waals surface area contributed by atoms with Crippen LogP contribution in [0.3, 0.4) is 0 Å². The quantitative estimate of drug-likeness (QED) is 0.709. The maximum absolute atomic E-state index is 12.7. The normalized spacial score (nSPS) is 15.7. The summed E-state index contributed by atoms with van der Waals surface area (Å²) in [4.78, 5) is 21.0. The maximum atomic E-state index is 12.7. The highest BCUT2D eigenvalue weighted by Crippen LogP contribution is 2.16. The molecule has 1 aliphatic heterocycles. The predicted molar refractivity (Wildman–Crippen MR) is 116 cm³/mol. The Morgan fingerprint density at radius 3 is 2.53 bits per heavy atom. The molecule has 1 N–H and O–H groups in total.